The first kappa shape index (κ1) is 18.0. The Morgan fingerprint density at radius 2 is 1.00 bits per heavy atom. The molecule has 0 atom stereocenters. The summed E-state index contributed by atoms with van der Waals surface area (Å²) >= 11 is 0. The predicted molar refractivity (Wildman–Crippen MR) is 106 cm³/mol. The van der Waals surface area contributed by atoms with Crippen molar-refractivity contribution in [2.45, 2.75) is 105 Å². The molecule has 0 nitrogen and oxygen atoms in total. The van der Waals surface area contributed by atoms with Gasteiger partial charge >= 0.3 is 0 Å². The van der Waals surface area contributed by atoms with Crippen LogP contribution in [0.2, 0.25) is 0 Å². The van der Waals surface area contributed by atoms with Crippen molar-refractivity contribution in [2.24, 2.45) is 10.8 Å². The molecule has 0 unspecified atom stereocenters. The van der Waals surface area contributed by atoms with E-state index in [9.17, 15) is 0 Å². The lowest BCUT2D eigenvalue weighted by Crippen LogP contribution is -2.22. The average molecular weight is 327 g/mol. The van der Waals surface area contributed by atoms with Crippen molar-refractivity contribution in [2.75, 3.05) is 0 Å². The second kappa shape index (κ2) is 6.50. The van der Waals surface area contributed by atoms with Gasteiger partial charge in [0.15, 0.2) is 0 Å². The molecule has 0 saturated heterocycles. The number of benzene rings is 1. The average Bonchev–Trinajstić information content (AvgIpc) is 2.50. The van der Waals surface area contributed by atoms with Crippen LogP contribution in [0.5, 0.6) is 0 Å². The van der Waals surface area contributed by atoms with Crippen molar-refractivity contribution in [1.29, 1.82) is 0 Å². The molecule has 0 spiro atoms. The summed E-state index contributed by atoms with van der Waals surface area (Å²) in [6.45, 7) is 14.5. The van der Waals surface area contributed by atoms with Gasteiger partial charge in [0.05, 0.1) is 0 Å². The highest BCUT2D eigenvalue weighted by Crippen LogP contribution is 2.47. The lowest BCUT2D eigenvalue weighted by atomic mass is 9.68. The fraction of sp³-hybridized carbons (Fsp3) is 0.750. The Labute approximate surface area is 150 Å². The van der Waals surface area contributed by atoms with E-state index in [2.05, 4.69) is 53.7 Å². The number of hydrogen-bond acceptors (Lipinski definition) is 0. The van der Waals surface area contributed by atoms with E-state index in [1.807, 2.05) is 0 Å². The monoisotopic (exact) mass is 326 g/mol. The Morgan fingerprint density at radius 3 is 1.33 bits per heavy atom. The molecule has 3 rings (SSSR count). The van der Waals surface area contributed by atoms with E-state index >= 15 is 0 Å². The van der Waals surface area contributed by atoms with E-state index in [-0.39, 0.29) is 0 Å². The zero-order valence-corrected chi connectivity index (χ0v) is 17.0. The number of hydrogen-bond donors (Lipinski definition) is 0. The molecule has 0 heteroatoms. The first-order valence-electron chi connectivity index (χ1n) is 10.3. The Morgan fingerprint density at radius 1 is 0.667 bits per heavy atom. The highest BCUT2D eigenvalue weighted by Gasteiger charge is 2.31. The van der Waals surface area contributed by atoms with Gasteiger partial charge in [-0.2, -0.15) is 0 Å². The maximum Gasteiger partial charge on any atom is -0.0159 e. The summed E-state index contributed by atoms with van der Waals surface area (Å²) in [5.41, 5.74) is 7.61. The van der Waals surface area contributed by atoms with E-state index < -0.39 is 0 Å². The van der Waals surface area contributed by atoms with Crippen molar-refractivity contribution in [3.63, 3.8) is 0 Å². The van der Waals surface area contributed by atoms with Crippen LogP contribution in [-0.4, -0.2) is 0 Å². The highest BCUT2D eigenvalue weighted by molar-refractivity contribution is 5.42. The van der Waals surface area contributed by atoms with Crippen molar-refractivity contribution in [3.05, 3.63) is 34.4 Å². The van der Waals surface area contributed by atoms with E-state index in [4.69, 9.17) is 0 Å². The summed E-state index contributed by atoms with van der Waals surface area (Å²) in [4.78, 5) is 0. The molecule has 0 aliphatic heterocycles. The standard InChI is InChI=1S/C24H38/c1-17-15-21(19-7-11-23(3,4)12-8-19)18(2)22(16-17)20-9-13-24(5,6)14-10-20/h15-16,19-20H,7-14H2,1-6H3. The highest BCUT2D eigenvalue weighted by atomic mass is 14.4. The smallest absolute Gasteiger partial charge is 0.0159 e. The van der Waals surface area contributed by atoms with Crippen LogP contribution in [0.1, 0.15) is 113 Å². The van der Waals surface area contributed by atoms with E-state index in [1.54, 1.807) is 16.7 Å². The van der Waals surface area contributed by atoms with Gasteiger partial charge in [-0.05, 0) is 105 Å². The number of rotatable bonds is 2. The minimum Gasteiger partial charge on any atom is -0.0599 e. The second-order valence-corrected chi connectivity index (χ2v) is 10.4. The fourth-order valence-electron chi connectivity index (χ4n) is 5.18. The molecule has 1 aromatic rings. The molecule has 1 aromatic carbocycles. The molecule has 134 valence electrons. The van der Waals surface area contributed by atoms with Gasteiger partial charge in [0.25, 0.3) is 0 Å². The molecule has 2 saturated carbocycles. The SMILES string of the molecule is Cc1cc(C2CCC(C)(C)CC2)c(C)c(C2CCC(C)(C)CC2)c1. The quantitative estimate of drug-likeness (QED) is 0.523. The van der Waals surface area contributed by atoms with E-state index in [0.717, 1.165) is 11.8 Å². The molecular formula is C24H38. The molecule has 0 heterocycles. The molecular weight excluding hydrogens is 288 g/mol. The van der Waals surface area contributed by atoms with Crippen molar-refractivity contribution in [3.8, 4) is 0 Å². The van der Waals surface area contributed by atoms with Gasteiger partial charge in [-0.25, -0.2) is 0 Å². The third-order valence-electron chi connectivity index (χ3n) is 7.19. The third-order valence-corrected chi connectivity index (χ3v) is 7.19. The summed E-state index contributed by atoms with van der Waals surface area (Å²) in [5, 5.41) is 0. The van der Waals surface area contributed by atoms with Crippen LogP contribution < -0.4 is 0 Å². The zero-order chi connectivity index (χ0) is 17.5. The number of aryl methyl sites for hydroxylation is 1. The van der Waals surface area contributed by atoms with E-state index in [0.29, 0.717) is 10.8 Å². The first-order valence-corrected chi connectivity index (χ1v) is 10.3. The molecule has 0 amide bonds. The summed E-state index contributed by atoms with van der Waals surface area (Å²) in [5.74, 6) is 1.61. The molecule has 0 aromatic heterocycles. The van der Waals surface area contributed by atoms with Crippen LogP contribution in [0, 0.1) is 24.7 Å². The molecule has 0 N–H and O–H groups in total. The van der Waals surface area contributed by atoms with Gasteiger partial charge in [-0.3, -0.25) is 0 Å². The van der Waals surface area contributed by atoms with Crippen LogP contribution in [-0.2, 0) is 0 Å². The lowest BCUT2D eigenvalue weighted by Gasteiger charge is -2.37. The maximum atomic E-state index is 2.51. The van der Waals surface area contributed by atoms with Gasteiger partial charge in [-0.1, -0.05) is 45.4 Å². The Kier molecular flexibility index (Phi) is 4.89. The Balaban J connectivity index is 1.83. The van der Waals surface area contributed by atoms with Gasteiger partial charge in [0.1, 0.15) is 0 Å². The largest absolute Gasteiger partial charge is 0.0599 e. The lowest BCUT2D eigenvalue weighted by molar-refractivity contribution is 0.221. The van der Waals surface area contributed by atoms with Gasteiger partial charge in [0.2, 0.25) is 0 Å². The topological polar surface area (TPSA) is 0 Å². The predicted octanol–water partition coefficient (Wildman–Crippen LogP) is 7.67. The molecule has 2 fully saturated rings. The summed E-state index contributed by atoms with van der Waals surface area (Å²) in [6, 6.07) is 5.02. The zero-order valence-electron chi connectivity index (χ0n) is 17.0. The molecule has 0 radical (unpaired) electrons. The summed E-state index contributed by atoms with van der Waals surface area (Å²) < 4.78 is 0. The van der Waals surface area contributed by atoms with Crippen molar-refractivity contribution in [1.82, 2.24) is 0 Å². The van der Waals surface area contributed by atoms with Crippen LogP contribution >= 0.6 is 0 Å². The Bertz CT molecular complexity index is 521. The van der Waals surface area contributed by atoms with Gasteiger partial charge in [0, 0.05) is 0 Å². The maximum absolute atomic E-state index is 2.51. The minimum atomic E-state index is 0.562. The van der Waals surface area contributed by atoms with Gasteiger partial charge in [-0.15, -0.1) is 0 Å². The van der Waals surface area contributed by atoms with Crippen molar-refractivity contribution < 1.29 is 0 Å². The normalized spacial score (nSPS) is 24.9. The van der Waals surface area contributed by atoms with Crippen LogP contribution in [0.15, 0.2) is 12.1 Å². The van der Waals surface area contributed by atoms with Crippen LogP contribution in [0.3, 0.4) is 0 Å². The first-order chi connectivity index (χ1) is 11.2. The summed E-state index contributed by atoms with van der Waals surface area (Å²) in [7, 11) is 0. The molecule has 2 aliphatic carbocycles. The van der Waals surface area contributed by atoms with E-state index in [1.165, 1.54) is 56.9 Å². The van der Waals surface area contributed by atoms with Crippen LogP contribution in [0.25, 0.3) is 0 Å². The van der Waals surface area contributed by atoms with Gasteiger partial charge < -0.3 is 0 Å². The second-order valence-electron chi connectivity index (χ2n) is 10.4. The van der Waals surface area contributed by atoms with Crippen molar-refractivity contribution >= 4 is 0 Å². The minimum absolute atomic E-state index is 0.562. The molecule has 24 heavy (non-hydrogen) atoms. The van der Waals surface area contributed by atoms with Crippen LogP contribution in [0.4, 0.5) is 0 Å². The molecule has 2 aliphatic rings. The molecule has 0 bridgehead atoms. The Hall–Kier alpha value is -0.780. The third kappa shape index (κ3) is 3.89. The summed E-state index contributed by atoms with van der Waals surface area (Å²) in [6.07, 6.45) is 11.1. The fourth-order valence-corrected chi connectivity index (χ4v) is 5.18.